The molecular weight excluding hydrogens is 442 g/mol. The normalized spacial score (nSPS) is 15.1. The number of aryl methyl sites for hydroxylation is 2. The predicted octanol–water partition coefficient (Wildman–Crippen LogP) is 4.14. The van der Waals surface area contributed by atoms with Gasteiger partial charge in [0.2, 0.25) is 0 Å². The molecular formula is C23H40ClN7S. The molecule has 0 saturated carbocycles. The fourth-order valence-electron chi connectivity index (χ4n) is 3.80. The van der Waals surface area contributed by atoms with Gasteiger partial charge in [0.05, 0.1) is 0 Å². The lowest BCUT2D eigenvalue weighted by atomic mass is 9.95. The molecule has 1 saturated heterocycles. The number of aromatic nitrogens is 5. The first-order valence-corrected chi connectivity index (χ1v) is 12.7. The third kappa shape index (κ3) is 7.06. The predicted molar refractivity (Wildman–Crippen MR) is 136 cm³/mol. The van der Waals surface area contributed by atoms with E-state index in [-0.39, 0.29) is 17.8 Å². The van der Waals surface area contributed by atoms with Crippen LogP contribution in [-0.2, 0) is 25.3 Å². The first-order chi connectivity index (χ1) is 14.8. The van der Waals surface area contributed by atoms with Gasteiger partial charge in [-0.15, -0.1) is 22.6 Å². The van der Waals surface area contributed by atoms with Crippen LogP contribution in [0.3, 0.4) is 0 Å². The average molecular weight is 482 g/mol. The topological polar surface area (TPSA) is 63.0 Å². The summed E-state index contributed by atoms with van der Waals surface area (Å²) in [5, 5.41) is 9.58. The van der Waals surface area contributed by atoms with Crippen molar-refractivity contribution in [3.05, 3.63) is 23.4 Å². The summed E-state index contributed by atoms with van der Waals surface area (Å²) in [6, 6.07) is 2.20. The molecule has 2 aromatic rings. The van der Waals surface area contributed by atoms with Crippen LogP contribution in [0.15, 0.2) is 11.2 Å². The van der Waals surface area contributed by atoms with Gasteiger partial charge in [0.25, 0.3) is 0 Å². The summed E-state index contributed by atoms with van der Waals surface area (Å²) in [5.74, 6) is 4.20. The van der Waals surface area contributed by atoms with Crippen molar-refractivity contribution in [2.45, 2.75) is 70.9 Å². The van der Waals surface area contributed by atoms with Crippen molar-refractivity contribution in [3.8, 4) is 0 Å². The Hall–Kier alpha value is -1.38. The molecule has 180 valence electrons. The molecule has 7 nitrogen and oxygen atoms in total. The lowest BCUT2D eigenvalue weighted by Crippen LogP contribution is -2.47. The first kappa shape index (κ1) is 26.9. The second-order valence-corrected chi connectivity index (χ2v) is 10.4. The second kappa shape index (κ2) is 12.2. The number of halogens is 1. The standard InChI is InChI=1S/C23H39N7S.ClH/c1-7-10-18-17-20(25-21(24-18)23(3,4)5)30-14-12-29(13-15-30)11-9-16-31-22-27-26-19(8-2)28(22)6;/h17H,7-16H2,1-6H3;1H. The molecule has 0 spiro atoms. The number of piperazine rings is 1. The zero-order valence-corrected chi connectivity index (χ0v) is 22.2. The monoisotopic (exact) mass is 481 g/mol. The largest absolute Gasteiger partial charge is 0.354 e. The average Bonchev–Trinajstić information content (AvgIpc) is 3.10. The Bertz CT molecular complexity index is 841. The highest BCUT2D eigenvalue weighted by molar-refractivity contribution is 7.99. The minimum Gasteiger partial charge on any atom is -0.354 e. The minimum absolute atomic E-state index is 0. The molecule has 0 atom stereocenters. The number of hydrogen-bond acceptors (Lipinski definition) is 7. The molecule has 1 aliphatic rings. The van der Waals surface area contributed by atoms with Gasteiger partial charge in [-0.2, -0.15) is 0 Å². The van der Waals surface area contributed by atoms with Crippen LogP contribution in [0.25, 0.3) is 0 Å². The lowest BCUT2D eigenvalue weighted by molar-refractivity contribution is 0.258. The number of hydrogen-bond donors (Lipinski definition) is 0. The summed E-state index contributed by atoms with van der Waals surface area (Å²) in [7, 11) is 2.06. The number of thioether (sulfide) groups is 1. The van der Waals surface area contributed by atoms with E-state index in [1.54, 1.807) is 0 Å². The molecule has 1 fully saturated rings. The molecule has 0 bridgehead atoms. The number of rotatable bonds is 9. The van der Waals surface area contributed by atoms with Gasteiger partial charge < -0.3 is 9.47 Å². The van der Waals surface area contributed by atoms with Crippen LogP contribution < -0.4 is 4.90 Å². The summed E-state index contributed by atoms with van der Waals surface area (Å²) in [5.41, 5.74) is 1.14. The smallest absolute Gasteiger partial charge is 0.190 e. The van der Waals surface area contributed by atoms with Crippen LogP contribution >= 0.6 is 24.2 Å². The van der Waals surface area contributed by atoms with E-state index in [1.165, 1.54) is 12.1 Å². The minimum atomic E-state index is -0.0292. The Labute approximate surface area is 204 Å². The van der Waals surface area contributed by atoms with E-state index in [1.807, 2.05) is 11.8 Å². The summed E-state index contributed by atoms with van der Waals surface area (Å²) >= 11 is 1.81. The van der Waals surface area contributed by atoms with E-state index in [0.29, 0.717) is 0 Å². The van der Waals surface area contributed by atoms with Gasteiger partial charge in [-0.05, 0) is 19.4 Å². The van der Waals surface area contributed by atoms with E-state index in [4.69, 9.17) is 9.97 Å². The van der Waals surface area contributed by atoms with Gasteiger partial charge >= 0.3 is 0 Å². The number of nitrogens with zero attached hydrogens (tertiary/aromatic N) is 7. The maximum Gasteiger partial charge on any atom is 0.190 e. The van der Waals surface area contributed by atoms with Gasteiger partial charge in [0.1, 0.15) is 17.5 Å². The van der Waals surface area contributed by atoms with Gasteiger partial charge in [0.15, 0.2) is 5.16 Å². The van der Waals surface area contributed by atoms with Crippen LogP contribution in [0.4, 0.5) is 5.82 Å². The molecule has 9 heteroatoms. The van der Waals surface area contributed by atoms with Crippen LogP contribution in [-0.4, -0.2) is 68.1 Å². The van der Waals surface area contributed by atoms with Crippen LogP contribution in [0.5, 0.6) is 0 Å². The third-order valence-electron chi connectivity index (χ3n) is 5.73. The highest BCUT2D eigenvalue weighted by Crippen LogP contribution is 2.24. The summed E-state index contributed by atoms with van der Waals surface area (Å²) < 4.78 is 2.11. The Morgan fingerprint density at radius 2 is 1.75 bits per heavy atom. The zero-order chi connectivity index (χ0) is 22.4. The van der Waals surface area contributed by atoms with Crippen LogP contribution in [0.2, 0.25) is 0 Å². The summed E-state index contributed by atoms with van der Waals surface area (Å²) in [4.78, 5) is 14.8. The van der Waals surface area contributed by atoms with Crippen molar-refractivity contribution in [2.75, 3.05) is 43.4 Å². The highest BCUT2D eigenvalue weighted by atomic mass is 35.5. The van der Waals surface area contributed by atoms with E-state index >= 15 is 0 Å². The van der Waals surface area contributed by atoms with Crippen molar-refractivity contribution in [1.82, 2.24) is 29.6 Å². The molecule has 1 aliphatic heterocycles. The van der Waals surface area contributed by atoms with Crippen molar-refractivity contribution in [3.63, 3.8) is 0 Å². The van der Waals surface area contributed by atoms with Crippen molar-refractivity contribution in [1.29, 1.82) is 0 Å². The maximum atomic E-state index is 4.94. The van der Waals surface area contributed by atoms with Crippen molar-refractivity contribution < 1.29 is 0 Å². The molecule has 3 rings (SSSR count). The molecule has 32 heavy (non-hydrogen) atoms. The fourth-order valence-corrected chi connectivity index (χ4v) is 4.65. The number of anilines is 1. The van der Waals surface area contributed by atoms with E-state index in [0.717, 1.165) is 80.4 Å². The Morgan fingerprint density at radius 1 is 1.03 bits per heavy atom. The molecule has 0 N–H and O–H groups in total. The summed E-state index contributed by atoms with van der Waals surface area (Å²) in [6.45, 7) is 16.3. The van der Waals surface area contributed by atoms with Crippen molar-refractivity contribution in [2.24, 2.45) is 7.05 Å². The SMILES string of the molecule is CCCc1cc(N2CCN(CCCSc3nnc(CC)n3C)CC2)nc(C(C)(C)C)n1.Cl. The fraction of sp³-hybridized carbons (Fsp3) is 0.739. The van der Waals surface area contributed by atoms with E-state index < -0.39 is 0 Å². The van der Waals surface area contributed by atoms with Crippen LogP contribution in [0.1, 0.15) is 64.8 Å². The van der Waals surface area contributed by atoms with E-state index in [2.05, 4.69) is 72.3 Å². The van der Waals surface area contributed by atoms with Gasteiger partial charge in [0, 0.05) is 62.6 Å². The molecule has 0 unspecified atom stereocenters. The second-order valence-electron chi connectivity index (χ2n) is 9.38. The van der Waals surface area contributed by atoms with Crippen LogP contribution in [0, 0.1) is 0 Å². The molecule has 3 heterocycles. The lowest BCUT2D eigenvalue weighted by Gasteiger charge is -2.36. The zero-order valence-electron chi connectivity index (χ0n) is 20.6. The third-order valence-corrected chi connectivity index (χ3v) is 6.84. The quantitative estimate of drug-likeness (QED) is 0.394. The molecule has 0 radical (unpaired) electrons. The van der Waals surface area contributed by atoms with Gasteiger partial charge in [-0.25, -0.2) is 9.97 Å². The van der Waals surface area contributed by atoms with Crippen molar-refractivity contribution >= 4 is 30.0 Å². The molecule has 0 aliphatic carbocycles. The molecule has 0 aromatic carbocycles. The Kier molecular flexibility index (Phi) is 10.2. The Morgan fingerprint density at radius 3 is 2.34 bits per heavy atom. The van der Waals surface area contributed by atoms with Gasteiger partial charge in [-0.1, -0.05) is 52.8 Å². The van der Waals surface area contributed by atoms with E-state index in [9.17, 15) is 0 Å². The summed E-state index contributed by atoms with van der Waals surface area (Å²) in [6.07, 6.45) is 4.22. The molecule has 2 aromatic heterocycles. The highest BCUT2D eigenvalue weighted by Gasteiger charge is 2.23. The first-order valence-electron chi connectivity index (χ1n) is 11.7. The molecule has 0 amide bonds. The maximum absolute atomic E-state index is 4.94. The van der Waals surface area contributed by atoms with Gasteiger partial charge in [-0.3, -0.25) is 4.90 Å². The Balaban J connectivity index is 0.00000363.